The van der Waals surface area contributed by atoms with Crippen molar-refractivity contribution in [3.8, 4) is 5.75 Å². The topological polar surface area (TPSA) is 113 Å². The van der Waals surface area contributed by atoms with Gasteiger partial charge in [-0.15, -0.1) is 0 Å². The van der Waals surface area contributed by atoms with Gasteiger partial charge in [0.25, 0.3) is 0 Å². The van der Waals surface area contributed by atoms with E-state index in [2.05, 4.69) is 5.32 Å². The lowest BCUT2D eigenvalue weighted by atomic mass is 10.2. The average Bonchev–Trinajstić information content (AvgIpc) is 2.97. The molecule has 0 aromatic heterocycles. The summed E-state index contributed by atoms with van der Waals surface area (Å²) >= 11 is 0. The summed E-state index contributed by atoms with van der Waals surface area (Å²) in [6.45, 7) is 0.819. The summed E-state index contributed by atoms with van der Waals surface area (Å²) in [5.41, 5.74) is 1.45. The molecule has 1 N–H and O–H groups in total. The van der Waals surface area contributed by atoms with Crippen molar-refractivity contribution in [2.24, 2.45) is 0 Å². The molecule has 0 bridgehead atoms. The summed E-state index contributed by atoms with van der Waals surface area (Å²) in [6.07, 6.45) is 2.76. The first-order valence-corrected chi connectivity index (χ1v) is 15.6. The van der Waals surface area contributed by atoms with Crippen LogP contribution in [0.4, 0.5) is 0 Å². The van der Waals surface area contributed by atoms with E-state index >= 15 is 0 Å². The summed E-state index contributed by atoms with van der Waals surface area (Å²) in [7, 11) is -6.03. The van der Waals surface area contributed by atoms with Crippen LogP contribution in [0.15, 0.2) is 88.7 Å². The van der Waals surface area contributed by atoms with Gasteiger partial charge >= 0.3 is 0 Å². The number of rotatable bonds is 11. The van der Waals surface area contributed by atoms with Crippen LogP contribution in [0, 0.1) is 0 Å². The number of hydrogen-bond donors (Lipinski definition) is 1. The summed E-state index contributed by atoms with van der Waals surface area (Å²) in [4.78, 5) is 13.2. The van der Waals surface area contributed by atoms with E-state index in [0.717, 1.165) is 29.1 Å². The fourth-order valence-electron chi connectivity index (χ4n) is 4.36. The molecule has 1 amide bonds. The summed E-state index contributed by atoms with van der Waals surface area (Å²) in [5.74, 6) is 0.0454. The Hall–Kier alpha value is -3.25. The monoisotopic (exact) mass is 571 g/mol. The third-order valence-electron chi connectivity index (χ3n) is 6.58. The van der Waals surface area contributed by atoms with E-state index in [1.807, 2.05) is 18.2 Å². The van der Waals surface area contributed by atoms with E-state index in [1.165, 1.54) is 23.5 Å². The number of piperidine rings is 1. The molecule has 0 unspecified atom stereocenters. The van der Waals surface area contributed by atoms with Crippen molar-refractivity contribution in [1.82, 2.24) is 13.9 Å². The number of hydrogen-bond acceptors (Lipinski definition) is 6. The lowest BCUT2D eigenvalue weighted by molar-refractivity contribution is -0.121. The molecule has 1 aliphatic rings. The van der Waals surface area contributed by atoms with Crippen molar-refractivity contribution in [3.05, 3.63) is 90.0 Å². The number of carbonyl (C=O) groups excluding carboxylic acids is 1. The van der Waals surface area contributed by atoms with Crippen LogP contribution in [0.1, 0.15) is 30.4 Å². The molecule has 1 heterocycles. The van der Waals surface area contributed by atoms with Crippen LogP contribution in [0.5, 0.6) is 5.75 Å². The summed E-state index contributed by atoms with van der Waals surface area (Å²) in [5, 5.41) is 2.75. The molecular weight excluding hydrogens is 538 g/mol. The highest BCUT2D eigenvalue weighted by molar-refractivity contribution is 7.89. The van der Waals surface area contributed by atoms with Gasteiger partial charge in [0.1, 0.15) is 5.75 Å². The Morgan fingerprint density at radius 1 is 0.821 bits per heavy atom. The van der Waals surface area contributed by atoms with Crippen LogP contribution in [0.3, 0.4) is 0 Å². The number of carbonyl (C=O) groups is 1. The van der Waals surface area contributed by atoms with Crippen LogP contribution in [-0.2, 0) is 37.9 Å². The molecule has 0 atom stereocenters. The molecule has 4 rings (SSSR count). The van der Waals surface area contributed by atoms with Gasteiger partial charge in [-0.3, -0.25) is 4.79 Å². The van der Waals surface area contributed by atoms with E-state index in [1.54, 1.807) is 48.5 Å². The van der Waals surface area contributed by atoms with Crippen molar-refractivity contribution in [2.75, 3.05) is 26.7 Å². The van der Waals surface area contributed by atoms with Gasteiger partial charge in [-0.1, -0.05) is 48.9 Å². The van der Waals surface area contributed by atoms with Gasteiger partial charge < -0.3 is 10.1 Å². The Balaban J connectivity index is 1.43. The van der Waals surface area contributed by atoms with Gasteiger partial charge in [0.05, 0.1) is 23.4 Å². The van der Waals surface area contributed by atoms with Crippen LogP contribution >= 0.6 is 0 Å². The van der Waals surface area contributed by atoms with Crippen LogP contribution < -0.4 is 10.1 Å². The number of nitrogens with one attached hydrogen (secondary N) is 1. The van der Waals surface area contributed by atoms with E-state index in [0.29, 0.717) is 24.4 Å². The fourth-order valence-corrected chi connectivity index (χ4v) is 7.26. The predicted octanol–water partition coefficient (Wildman–Crippen LogP) is 3.38. The van der Waals surface area contributed by atoms with Gasteiger partial charge in [-0.2, -0.15) is 8.61 Å². The first-order chi connectivity index (χ1) is 18.7. The zero-order valence-electron chi connectivity index (χ0n) is 21.8. The van der Waals surface area contributed by atoms with Gasteiger partial charge in [-0.05, 0) is 60.4 Å². The van der Waals surface area contributed by atoms with Crippen molar-refractivity contribution >= 4 is 26.0 Å². The molecule has 9 nitrogen and oxygen atoms in total. The normalized spacial score (nSPS) is 14.7. The number of benzene rings is 3. The summed E-state index contributed by atoms with van der Waals surface area (Å²) in [6, 6.07) is 21.5. The largest absolute Gasteiger partial charge is 0.497 e. The second-order valence-corrected chi connectivity index (χ2v) is 13.2. The van der Waals surface area contributed by atoms with Crippen LogP contribution in [-0.4, -0.2) is 58.1 Å². The van der Waals surface area contributed by atoms with Crippen LogP contribution in [0.25, 0.3) is 0 Å². The Morgan fingerprint density at radius 2 is 1.44 bits per heavy atom. The number of amides is 1. The van der Waals surface area contributed by atoms with Crippen molar-refractivity contribution in [2.45, 2.75) is 42.1 Å². The zero-order valence-corrected chi connectivity index (χ0v) is 23.5. The zero-order chi connectivity index (χ0) is 27.9. The van der Waals surface area contributed by atoms with Gasteiger partial charge in [0.15, 0.2) is 0 Å². The highest BCUT2D eigenvalue weighted by Crippen LogP contribution is 2.22. The standard InChI is InChI=1S/C28H33N3O6S2/c1-37-25-12-16-27(17-13-25)39(35,36)31(21-24-8-4-2-5-9-24)22-28(32)29-20-23-10-14-26(15-11-23)38(33,34)30-18-6-3-7-19-30/h2,4-5,8-17H,3,6-7,18-22H2,1H3,(H,29,32). The van der Waals surface area contributed by atoms with Gasteiger partial charge in [-0.25, -0.2) is 16.8 Å². The second kappa shape index (κ2) is 12.7. The summed E-state index contributed by atoms with van der Waals surface area (Å²) < 4.78 is 60.4. The average molecular weight is 572 g/mol. The van der Waals surface area contributed by atoms with E-state index in [-0.39, 0.29) is 29.4 Å². The smallest absolute Gasteiger partial charge is 0.243 e. The lowest BCUT2D eigenvalue weighted by Crippen LogP contribution is -2.40. The first kappa shape index (κ1) is 28.8. The minimum absolute atomic E-state index is 0.0195. The minimum Gasteiger partial charge on any atom is -0.497 e. The number of methoxy groups -OCH3 is 1. The highest BCUT2D eigenvalue weighted by atomic mass is 32.2. The number of ether oxygens (including phenoxy) is 1. The molecule has 1 aliphatic heterocycles. The lowest BCUT2D eigenvalue weighted by Gasteiger charge is -2.25. The molecule has 1 saturated heterocycles. The Kier molecular flexibility index (Phi) is 9.39. The molecule has 208 valence electrons. The molecule has 1 fully saturated rings. The maximum absolute atomic E-state index is 13.5. The second-order valence-electron chi connectivity index (χ2n) is 9.32. The van der Waals surface area contributed by atoms with Gasteiger partial charge in [0, 0.05) is 26.2 Å². The maximum Gasteiger partial charge on any atom is 0.243 e. The molecule has 11 heteroatoms. The van der Waals surface area contributed by atoms with E-state index < -0.39 is 26.0 Å². The molecule has 0 spiro atoms. The minimum atomic E-state index is -3.99. The van der Waals surface area contributed by atoms with Crippen molar-refractivity contribution in [1.29, 1.82) is 0 Å². The number of sulfonamides is 2. The fraction of sp³-hybridized carbons (Fsp3) is 0.321. The Morgan fingerprint density at radius 3 is 2.05 bits per heavy atom. The van der Waals surface area contributed by atoms with Crippen LogP contribution in [0.2, 0.25) is 0 Å². The molecular formula is C28H33N3O6S2. The molecule has 0 saturated carbocycles. The highest BCUT2D eigenvalue weighted by Gasteiger charge is 2.28. The SMILES string of the molecule is COc1ccc(S(=O)(=O)N(CC(=O)NCc2ccc(S(=O)(=O)N3CCCCC3)cc2)Cc2ccccc2)cc1. The maximum atomic E-state index is 13.5. The quantitative estimate of drug-likeness (QED) is 0.378. The van der Waals surface area contributed by atoms with E-state index in [9.17, 15) is 21.6 Å². The Bertz CT molecular complexity index is 1450. The van der Waals surface area contributed by atoms with Crippen molar-refractivity contribution < 1.29 is 26.4 Å². The predicted molar refractivity (Wildman–Crippen MR) is 148 cm³/mol. The molecule has 0 aliphatic carbocycles. The number of nitrogens with zero attached hydrogens (tertiary/aromatic N) is 2. The first-order valence-electron chi connectivity index (χ1n) is 12.7. The van der Waals surface area contributed by atoms with Crippen molar-refractivity contribution in [3.63, 3.8) is 0 Å². The van der Waals surface area contributed by atoms with Gasteiger partial charge in [0.2, 0.25) is 26.0 Å². The molecule has 39 heavy (non-hydrogen) atoms. The third kappa shape index (κ3) is 7.24. The molecule has 0 radical (unpaired) electrons. The van der Waals surface area contributed by atoms with E-state index in [4.69, 9.17) is 4.74 Å². The Labute approximate surface area is 230 Å². The third-order valence-corrected chi connectivity index (χ3v) is 10.3. The molecule has 3 aromatic carbocycles. The molecule has 3 aromatic rings.